The molecule has 2 saturated carbocycles. The highest BCUT2D eigenvalue weighted by molar-refractivity contribution is 8.16. The molecule has 14 atom stereocenters. The van der Waals surface area contributed by atoms with E-state index in [2.05, 4.69) is 30.9 Å². The summed E-state index contributed by atoms with van der Waals surface area (Å²) in [7, 11) is 0. The van der Waals surface area contributed by atoms with Crippen molar-refractivity contribution >= 4 is 56.8 Å². The van der Waals surface area contributed by atoms with E-state index in [0.29, 0.717) is 93.9 Å². The van der Waals surface area contributed by atoms with Crippen LogP contribution in [0.3, 0.4) is 0 Å². The van der Waals surface area contributed by atoms with Crippen LogP contribution in [0, 0.1) is 11.8 Å². The molecule has 0 unspecified atom stereocenters. The lowest BCUT2D eigenvalue weighted by atomic mass is 9.99. The zero-order valence-corrected chi connectivity index (χ0v) is 49.4. The molecule has 0 spiro atoms. The molecule has 5 aliphatic heterocycles. The van der Waals surface area contributed by atoms with Gasteiger partial charge in [0.2, 0.25) is 11.8 Å². The lowest BCUT2D eigenvalue weighted by Crippen LogP contribution is -2.58. The molecule has 0 bridgehead atoms. The van der Waals surface area contributed by atoms with E-state index in [1.807, 2.05) is 13.8 Å². The Bertz CT molecular complexity index is 2840. The van der Waals surface area contributed by atoms with Crippen LogP contribution in [0.4, 0.5) is 0 Å². The second-order valence-electron chi connectivity index (χ2n) is 22.7. The molecule has 3 saturated heterocycles. The second-order valence-corrected chi connectivity index (χ2v) is 24.6. The average molecular weight is 1210 g/mol. The lowest BCUT2D eigenvalue weighted by molar-refractivity contribution is -0.301. The number of amides is 2. The predicted octanol–water partition coefficient (Wildman–Crippen LogP) is 2.76. The van der Waals surface area contributed by atoms with Gasteiger partial charge in [0.15, 0.2) is 11.9 Å². The SMILES string of the molecule is CCC[C@@H](NC(=O)[C@]1(C)CSC(/C(C)=N/O[C@H]2O[C@H](CO)[C@@H](O)[C@@H]3OC(C)(C)O[C@H]23)=N1)c1cc(OCC2CC2)cc(=O)o1.CCC[C@@H](NC(=O)[C@]1(C)CSC(/C(C)=N/O[C@H]2O[C@H](CO)[C@@H](O)[C@H](O)[C@@H]2O)=N1)c1cc(OCC2CC2)cc(=O)o1. The summed E-state index contributed by atoms with van der Waals surface area (Å²) in [6.07, 6.45) is -4.82. The third-order valence-electron chi connectivity index (χ3n) is 14.7. The molecule has 2 amide bonds. The first-order valence-corrected chi connectivity index (χ1v) is 30.1. The predicted molar refractivity (Wildman–Crippen MR) is 302 cm³/mol. The van der Waals surface area contributed by atoms with Crippen LogP contribution in [0.15, 0.2) is 63.0 Å². The molecule has 460 valence electrons. The van der Waals surface area contributed by atoms with Gasteiger partial charge in [0.05, 0.1) is 50.6 Å². The number of nitrogens with zero attached hydrogens (tertiary/aromatic N) is 4. The number of aliphatic hydroxyl groups is 6. The van der Waals surface area contributed by atoms with E-state index in [9.17, 15) is 49.8 Å². The Morgan fingerprint density at radius 3 is 1.53 bits per heavy atom. The molecule has 7 heterocycles. The van der Waals surface area contributed by atoms with Gasteiger partial charge in [-0.1, -0.05) is 37.0 Å². The Labute approximate surface area is 488 Å². The number of hydrogen-bond donors (Lipinski definition) is 8. The van der Waals surface area contributed by atoms with E-state index >= 15 is 0 Å². The third kappa shape index (κ3) is 16.3. The largest absolute Gasteiger partial charge is 0.493 e. The van der Waals surface area contributed by atoms with Crippen LogP contribution in [0.5, 0.6) is 11.5 Å². The molecule has 2 aliphatic carbocycles. The molecular weight excluding hydrogens is 1130 g/mol. The quantitative estimate of drug-likeness (QED) is 0.0553. The van der Waals surface area contributed by atoms with Crippen molar-refractivity contribution in [1.29, 1.82) is 0 Å². The zero-order chi connectivity index (χ0) is 60.0. The van der Waals surface area contributed by atoms with Crippen LogP contribution in [0.1, 0.15) is 130 Å². The average Bonchev–Trinajstić information content (AvgIpc) is 3.33. The molecule has 7 aliphatic rings. The first-order chi connectivity index (χ1) is 39.4. The lowest BCUT2D eigenvalue weighted by Gasteiger charge is -2.38. The molecule has 83 heavy (non-hydrogen) atoms. The smallest absolute Gasteiger partial charge is 0.339 e. The fraction of sp³-hybridized carbons (Fsp3) is 0.709. The molecular formula is C55H78N6O20S2. The van der Waals surface area contributed by atoms with Gasteiger partial charge in [-0.05, 0) is 91.9 Å². The topological polar surface area (TPSA) is 363 Å². The van der Waals surface area contributed by atoms with E-state index in [0.717, 1.165) is 38.5 Å². The number of aliphatic hydroxyl groups excluding tert-OH is 6. The van der Waals surface area contributed by atoms with Crippen molar-refractivity contribution in [2.24, 2.45) is 32.1 Å². The van der Waals surface area contributed by atoms with E-state index in [4.69, 9.17) is 46.9 Å². The van der Waals surface area contributed by atoms with Gasteiger partial charge in [0.25, 0.3) is 12.6 Å². The number of thioether (sulfide) groups is 2. The molecule has 0 aromatic carbocycles. The Balaban J connectivity index is 0.000000217. The van der Waals surface area contributed by atoms with Crippen molar-refractivity contribution in [2.45, 2.75) is 197 Å². The van der Waals surface area contributed by atoms with Crippen molar-refractivity contribution < 1.29 is 87.2 Å². The molecule has 5 fully saturated rings. The number of hydrogen-bond acceptors (Lipinski definition) is 26. The van der Waals surface area contributed by atoms with Gasteiger partial charge in [0.1, 0.15) is 98.3 Å². The Morgan fingerprint density at radius 1 is 0.651 bits per heavy atom. The Kier molecular flexibility index (Phi) is 21.3. The normalized spacial score (nSPS) is 32.0. The summed E-state index contributed by atoms with van der Waals surface area (Å²) in [5, 5.41) is 74.5. The fourth-order valence-corrected chi connectivity index (χ4v) is 11.6. The van der Waals surface area contributed by atoms with Gasteiger partial charge in [0, 0.05) is 23.6 Å². The first kappa shape index (κ1) is 64.0. The van der Waals surface area contributed by atoms with Gasteiger partial charge in [-0.2, -0.15) is 0 Å². The number of oxime groups is 2. The van der Waals surface area contributed by atoms with Gasteiger partial charge in [-0.15, -0.1) is 23.5 Å². The van der Waals surface area contributed by atoms with Gasteiger partial charge < -0.3 is 88.2 Å². The minimum Gasteiger partial charge on any atom is -0.493 e. The molecule has 9 rings (SSSR count). The molecule has 2 aromatic heterocycles. The molecule has 2 aromatic rings. The third-order valence-corrected chi connectivity index (χ3v) is 17.4. The number of aliphatic imine (C=N–C) groups is 2. The minimum atomic E-state index is -1.60. The molecule has 8 N–H and O–H groups in total. The number of carbonyl (C=O) groups excluding carboxylic acids is 2. The number of fused-ring (bicyclic) bond motifs is 1. The van der Waals surface area contributed by atoms with E-state index in [1.165, 1.54) is 35.7 Å². The van der Waals surface area contributed by atoms with Gasteiger partial charge in [-0.25, -0.2) is 9.59 Å². The Hall–Kier alpha value is -4.98. The highest BCUT2D eigenvalue weighted by Gasteiger charge is 2.56. The zero-order valence-electron chi connectivity index (χ0n) is 47.8. The highest BCUT2D eigenvalue weighted by atomic mass is 32.2. The summed E-state index contributed by atoms with van der Waals surface area (Å²) in [6, 6.07) is 4.87. The van der Waals surface area contributed by atoms with Crippen molar-refractivity contribution in [3.8, 4) is 11.5 Å². The van der Waals surface area contributed by atoms with Gasteiger partial charge >= 0.3 is 11.3 Å². The van der Waals surface area contributed by atoms with E-state index in [-0.39, 0.29) is 11.8 Å². The standard InChI is InChI=1S/C29H41N3O10S.C26H37N3O10S/c1-6-7-18(19-10-17(11-21(34)38-19)37-13-16-8-9-16)30-27(36)29(5)14-43-25(31-29)15(2)32-42-26-24-23(40-28(3,4)41-24)22(35)20(12-33)39-26;1-4-5-16(17-8-15(9-19(31)37-17)36-11-14-6-7-14)27-25(35)26(3)12-40-23(28-26)13(2)29-39-24-22(34)21(33)20(32)18(10-30)38-24/h10-11,16,18,20,22-24,26,33,35H,6-9,12-14H2,1-5H3,(H,30,36);8-9,14,16,18,20-22,24,30,32-34H,4-7,10-12H2,1-3H3,(H,27,35)/b32-15+;29-13+/t18-,20-,22-,23+,24+,26-,29+;16-,18-,20-,21+,22+,24-,26+/m11/s1. The summed E-state index contributed by atoms with van der Waals surface area (Å²) < 4.78 is 45.1. The summed E-state index contributed by atoms with van der Waals surface area (Å²) in [4.78, 5) is 71.5. The van der Waals surface area contributed by atoms with Crippen molar-refractivity contribution in [3.63, 3.8) is 0 Å². The molecule has 26 nitrogen and oxygen atoms in total. The van der Waals surface area contributed by atoms with Crippen LogP contribution in [0.2, 0.25) is 0 Å². The second kappa shape index (κ2) is 27.6. The number of nitrogens with one attached hydrogen (secondary N) is 2. The maximum atomic E-state index is 13.5. The minimum absolute atomic E-state index is 0.301. The number of carbonyl (C=O) groups is 2. The van der Waals surface area contributed by atoms with E-state index < -0.39 is 115 Å². The summed E-state index contributed by atoms with van der Waals surface area (Å²) >= 11 is 2.65. The monoisotopic (exact) mass is 1210 g/mol. The van der Waals surface area contributed by atoms with Gasteiger partial charge in [-0.3, -0.25) is 19.6 Å². The fourth-order valence-electron chi connectivity index (χ4n) is 9.39. The summed E-state index contributed by atoms with van der Waals surface area (Å²) in [5.74, 6) is 1.59. The number of ether oxygens (including phenoxy) is 6. The van der Waals surface area contributed by atoms with Crippen LogP contribution in [-0.2, 0) is 38.2 Å². The maximum Gasteiger partial charge on any atom is 0.339 e. The highest BCUT2D eigenvalue weighted by Crippen LogP contribution is 2.39. The molecule has 0 radical (unpaired) electrons. The summed E-state index contributed by atoms with van der Waals surface area (Å²) in [6.45, 7) is 14.2. The Morgan fingerprint density at radius 2 is 1.08 bits per heavy atom. The van der Waals surface area contributed by atoms with Crippen LogP contribution >= 0.6 is 23.5 Å². The maximum absolute atomic E-state index is 13.5. The molecule has 28 heteroatoms. The van der Waals surface area contributed by atoms with Crippen LogP contribution < -0.4 is 31.4 Å². The van der Waals surface area contributed by atoms with Crippen LogP contribution in [0.25, 0.3) is 0 Å². The first-order valence-electron chi connectivity index (χ1n) is 28.1. The summed E-state index contributed by atoms with van der Waals surface area (Å²) in [5.41, 5.74) is -2.61. The van der Waals surface area contributed by atoms with Crippen molar-refractivity contribution in [2.75, 3.05) is 37.9 Å². The van der Waals surface area contributed by atoms with Crippen molar-refractivity contribution in [1.82, 2.24) is 10.6 Å². The van der Waals surface area contributed by atoms with E-state index in [1.54, 1.807) is 53.7 Å². The number of rotatable bonds is 24. The van der Waals surface area contributed by atoms with Crippen LogP contribution in [-0.4, -0.2) is 180 Å². The van der Waals surface area contributed by atoms with Crippen molar-refractivity contribution in [3.05, 3.63) is 56.6 Å².